The lowest BCUT2D eigenvalue weighted by Crippen LogP contribution is -1.77. The van der Waals surface area contributed by atoms with E-state index >= 15 is 0 Å². The minimum atomic E-state index is -0.491. The van der Waals surface area contributed by atoms with Gasteiger partial charge in [-0.2, -0.15) is 4.78 Å². The van der Waals surface area contributed by atoms with E-state index in [1.807, 2.05) is 0 Å². The maximum absolute atomic E-state index is 6.09. The van der Waals surface area contributed by atoms with E-state index in [9.17, 15) is 0 Å². The van der Waals surface area contributed by atoms with E-state index in [4.69, 9.17) is 5.53 Å². The standard InChI is InChI=1S/H4N4Si/c1-3-5-4-2/h1,5H,2H2. The molecule has 0 bridgehead atoms. The predicted octanol–water partition coefficient (Wildman–Crippen LogP) is -0.574. The summed E-state index contributed by atoms with van der Waals surface area (Å²) in [4.78, 5) is 0. The molecule has 28 valence electrons. The Morgan fingerprint density at radius 1 is 1.80 bits per heavy atom. The monoisotopic (exact) mass is 88.0 g/mol. The van der Waals surface area contributed by atoms with Crippen molar-refractivity contribution in [3.05, 3.63) is 0 Å². The highest BCUT2D eigenvalue weighted by Gasteiger charge is 1.47. The summed E-state index contributed by atoms with van der Waals surface area (Å²) in [5.74, 6) is 4.59. The average Bonchev–Trinajstić information content (AvgIpc) is 1.41. The Hall–Kier alpha value is -0.583. The largest absolute Gasteiger partial charge is 0.331 e. The van der Waals surface area contributed by atoms with Gasteiger partial charge in [-0.1, -0.05) is 0 Å². The Labute approximate surface area is 31.5 Å². The molecule has 0 aliphatic carbocycles. The average molecular weight is 88.1 g/mol. The zero-order chi connectivity index (χ0) is 4.12. The molecule has 0 aliphatic rings. The van der Waals surface area contributed by atoms with E-state index in [2.05, 4.69) is 15.4 Å². The van der Waals surface area contributed by atoms with Crippen LogP contribution in [0.15, 0.2) is 9.52 Å². The first-order chi connectivity index (χ1) is 2.41. The summed E-state index contributed by atoms with van der Waals surface area (Å²) in [6.07, 6.45) is 0. The van der Waals surface area contributed by atoms with Gasteiger partial charge in [0.25, 0.3) is 0 Å². The molecule has 0 rings (SSSR count). The van der Waals surface area contributed by atoms with Crippen LogP contribution in [0.2, 0.25) is 0 Å². The molecule has 0 unspecified atom stereocenters. The van der Waals surface area contributed by atoms with Gasteiger partial charge in [0.2, 0.25) is 0 Å². The van der Waals surface area contributed by atoms with Gasteiger partial charge in [0, 0.05) is 0 Å². The van der Waals surface area contributed by atoms with Crippen LogP contribution in [0.1, 0.15) is 0 Å². The minimum absolute atomic E-state index is 0.491. The topological polar surface area (TPSA) is 74.6 Å². The van der Waals surface area contributed by atoms with Crippen molar-refractivity contribution in [3.63, 3.8) is 0 Å². The van der Waals surface area contributed by atoms with Crippen molar-refractivity contribution < 1.29 is 0 Å². The second-order valence-electron chi connectivity index (χ2n) is 0.394. The molecule has 0 aliphatic heterocycles. The quantitative estimate of drug-likeness (QED) is 0.191. The molecule has 0 heterocycles. The molecule has 0 spiro atoms. The van der Waals surface area contributed by atoms with Crippen LogP contribution in [0.4, 0.5) is 0 Å². The van der Waals surface area contributed by atoms with Gasteiger partial charge < -0.3 is 5.84 Å². The van der Waals surface area contributed by atoms with Crippen molar-refractivity contribution in [2.24, 2.45) is 15.4 Å². The Balaban J connectivity index is 2.92. The summed E-state index contributed by atoms with van der Waals surface area (Å²) in [6, 6.07) is 0. The SMILES string of the molecule is N=N[SiH]=NN. The Morgan fingerprint density at radius 2 is 2.40 bits per heavy atom. The minimum Gasteiger partial charge on any atom is -0.331 e. The molecule has 3 N–H and O–H groups in total. The summed E-state index contributed by atoms with van der Waals surface area (Å²) in [7, 11) is -0.491. The highest BCUT2D eigenvalue weighted by Crippen LogP contribution is 1.41. The van der Waals surface area contributed by atoms with Crippen molar-refractivity contribution in [1.29, 1.82) is 5.53 Å². The fraction of sp³-hybridized carbons (Fsp3) is 0. The number of nitrogens with two attached hydrogens (primary N) is 1. The van der Waals surface area contributed by atoms with Gasteiger partial charge in [-0.3, -0.25) is 0 Å². The Bertz CT molecular complexity index is 45.6. The van der Waals surface area contributed by atoms with Crippen LogP contribution in [0, 0.1) is 5.53 Å². The van der Waals surface area contributed by atoms with Gasteiger partial charge in [0.1, 0.15) is 0 Å². The third-order valence-corrected chi connectivity index (χ3v) is 0.373. The summed E-state index contributed by atoms with van der Waals surface area (Å²) < 4.78 is 5.98. The highest BCUT2D eigenvalue weighted by atomic mass is 28.2. The molecule has 0 fully saturated rings. The second kappa shape index (κ2) is 3.42. The Morgan fingerprint density at radius 3 is 2.40 bits per heavy atom. The number of hydrogen-bond donors (Lipinski definition) is 2. The summed E-state index contributed by atoms with van der Waals surface area (Å²) in [5, 5.41) is 0. The van der Waals surface area contributed by atoms with Crippen LogP contribution in [-0.4, -0.2) is 9.47 Å². The lowest BCUT2D eigenvalue weighted by Gasteiger charge is -1.58. The number of hydrogen-bond acceptors (Lipinski definition) is 3. The molecule has 0 aromatic heterocycles. The van der Waals surface area contributed by atoms with Gasteiger partial charge >= 0.3 is 9.47 Å². The van der Waals surface area contributed by atoms with Crippen molar-refractivity contribution in [2.75, 3.05) is 0 Å². The molecule has 5 heavy (non-hydrogen) atoms. The van der Waals surface area contributed by atoms with Gasteiger partial charge in [-0.05, 0) is 0 Å². The molecule has 0 aromatic rings. The fourth-order valence-electron chi connectivity index (χ4n) is 0.0333. The second-order valence-corrected chi connectivity index (χ2v) is 1.18. The smallest absolute Gasteiger partial charge is 0.303 e. The normalized spacial score (nSPS) is 8.80. The van der Waals surface area contributed by atoms with E-state index < -0.39 is 9.47 Å². The molecular weight excluding hydrogens is 84.1 g/mol. The van der Waals surface area contributed by atoms with E-state index in [0.29, 0.717) is 0 Å². The summed E-state index contributed by atoms with van der Waals surface area (Å²) >= 11 is 0. The van der Waals surface area contributed by atoms with Gasteiger partial charge in [-0.25, -0.2) is 10.3 Å². The van der Waals surface area contributed by atoms with Crippen molar-refractivity contribution in [3.8, 4) is 0 Å². The predicted molar refractivity (Wildman–Crippen MR) is 18.9 cm³/mol. The molecule has 0 amide bonds. The zero-order valence-electron chi connectivity index (χ0n) is 2.55. The van der Waals surface area contributed by atoms with Crippen LogP contribution < -0.4 is 5.84 Å². The molecular formula is H4N4Si. The molecule has 0 aromatic carbocycles. The van der Waals surface area contributed by atoms with Gasteiger partial charge in [0.15, 0.2) is 0 Å². The van der Waals surface area contributed by atoms with E-state index in [1.54, 1.807) is 0 Å². The highest BCUT2D eigenvalue weighted by molar-refractivity contribution is 6.17. The van der Waals surface area contributed by atoms with Crippen LogP contribution in [0.5, 0.6) is 0 Å². The Kier molecular flexibility index (Phi) is 3.02. The van der Waals surface area contributed by atoms with Crippen molar-refractivity contribution >= 4 is 9.47 Å². The first-order valence-electron chi connectivity index (χ1n) is 0.998. The number of nitrogens with one attached hydrogen (secondary N) is 1. The summed E-state index contributed by atoms with van der Waals surface area (Å²) in [5.41, 5.74) is 6.09. The third kappa shape index (κ3) is 3.42. The van der Waals surface area contributed by atoms with Crippen LogP contribution in [0.3, 0.4) is 0 Å². The van der Waals surface area contributed by atoms with E-state index in [1.165, 1.54) is 0 Å². The maximum atomic E-state index is 6.09. The molecule has 0 saturated heterocycles. The van der Waals surface area contributed by atoms with E-state index in [-0.39, 0.29) is 0 Å². The molecule has 0 radical (unpaired) electrons. The third-order valence-electron chi connectivity index (χ3n) is 0.124. The van der Waals surface area contributed by atoms with Crippen LogP contribution >= 0.6 is 0 Å². The lowest BCUT2D eigenvalue weighted by molar-refractivity contribution is 1.19. The van der Waals surface area contributed by atoms with Crippen LogP contribution in [0.25, 0.3) is 0 Å². The van der Waals surface area contributed by atoms with E-state index in [0.717, 1.165) is 0 Å². The van der Waals surface area contributed by atoms with Crippen molar-refractivity contribution in [2.45, 2.75) is 0 Å². The zero-order valence-corrected chi connectivity index (χ0v) is 3.70. The molecule has 0 atom stereocenters. The number of nitrogens with zero attached hydrogens (tertiary/aromatic N) is 2. The first kappa shape index (κ1) is 4.42. The first-order valence-corrected chi connectivity index (χ1v) is 2.03. The lowest BCUT2D eigenvalue weighted by atomic mass is 13.0. The van der Waals surface area contributed by atoms with Gasteiger partial charge in [-0.15, -0.1) is 0 Å². The molecule has 5 heteroatoms. The van der Waals surface area contributed by atoms with Crippen LogP contribution in [-0.2, 0) is 0 Å². The molecule has 4 nitrogen and oxygen atoms in total. The fourth-order valence-corrected chi connectivity index (χ4v) is 0.100. The number of rotatable bonds is 1. The van der Waals surface area contributed by atoms with Crippen molar-refractivity contribution in [1.82, 2.24) is 0 Å². The summed E-state index contributed by atoms with van der Waals surface area (Å²) in [6.45, 7) is 0. The van der Waals surface area contributed by atoms with Gasteiger partial charge in [0.05, 0.1) is 0 Å². The maximum Gasteiger partial charge on any atom is 0.303 e. The molecule has 0 saturated carbocycles.